The van der Waals surface area contributed by atoms with Crippen LogP contribution in [-0.2, 0) is 4.79 Å². The van der Waals surface area contributed by atoms with Gasteiger partial charge in [0.05, 0.1) is 6.54 Å². The maximum atomic E-state index is 12.2. The van der Waals surface area contributed by atoms with E-state index in [0.29, 0.717) is 23.4 Å². The van der Waals surface area contributed by atoms with Crippen LogP contribution in [-0.4, -0.2) is 36.9 Å². The maximum Gasteiger partial charge on any atom is 0.251 e. The molecule has 1 atom stereocenters. The summed E-state index contributed by atoms with van der Waals surface area (Å²) in [5.74, 6) is -0.536. The molecule has 0 aliphatic heterocycles. The molecule has 7 nitrogen and oxygen atoms in total. The summed E-state index contributed by atoms with van der Waals surface area (Å²) in [7, 11) is 0. The molecule has 1 unspecified atom stereocenters. The lowest BCUT2D eigenvalue weighted by Crippen LogP contribution is -2.31. The molecule has 0 aliphatic rings. The predicted molar refractivity (Wildman–Crippen MR) is 115 cm³/mol. The van der Waals surface area contributed by atoms with E-state index >= 15 is 0 Å². The molecule has 0 aromatic heterocycles. The van der Waals surface area contributed by atoms with E-state index in [1.165, 1.54) is 0 Å². The number of carbonyl (C=O) groups is 3. The lowest BCUT2D eigenvalue weighted by atomic mass is 10.1. The molecule has 3 amide bonds. The Morgan fingerprint density at radius 2 is 1.62 bits per heavy atom. The SMILES string of the molecule is CCNC(=O)c1cccc(NC(=O)CNc2ccc(C(=O)NC(C)CC)cc2)c1. The molecule has 0 saturated heterocycles. The predicted octanol–water partition coefficient (Wildman–Crippen LogP) is 3.02. The molecular weight excluding hydrogens is 368 g/mol. The monoisotopic (exact) mass is 396 g/mol. The van der Waals surface area contributed by atoms with Crippen LogP contribution in [0.3, 0.4) is 0 Å². The van der Waals surface area contributed by atoms with Crippen molar-refractivity contribution in [1.29, 1.82) is 0 Å². The van der Waals surface area contributed by atoms with Gasteiger partial charge in [-0.1, -0.05) is 13.0 Å². The number of benzene rings is 2. The van der Waals surface area contributed by atoms with E-state index in [9.17, 15) is 14.4 Å². The quantitative estimate of drug-likeness (QED) is 0.524. The zero-order chi connectivity index (χ0) is 21.2. The van der Waals surface area contributed by atoms with E-state index < -0.39 is 0 Å². The number of amides is 3. The van der Waals surface area contributed by atoms with Gasteiger partial charge in [-0.25, -0.2) is 0 Å². The van der Waals surface area contributed by atoms with Gasteiger partial charge in [-0.2, -0.15) is 0 Å². The number of anilines is 2. The lowest BCUT2D eigenvalue weighted by Gasteiger charge is -2.12. The van der Waals surface area contributed by atoms with Gasteiger partial charge in [-0.05, 0) is 62.7 Å². The lowest BCUT2D eigenvalue weighted by molar-refractivity contribution is -0.114. The molecule has 7 heteroatoms. The largest absolute Gasteiger partial charge is 0.376 e. The second-order valence-corrected chi connectivity index (χ2v) is 6.70. The van der Waals surface area contributed by atoms with Crippen LogP contribution in [0, 0.1) is 0 Å². The van der Waals surface area contributed by atoms with Crippen LogP contribution in [0.5, 0.6) is 0 Å². The third kappa shape index (κ3) is 6.95. The molecule has 0 bridgehead atoms. The summed E-state index contributed by atoms with van der Waals surface area (Å²) in [6.07, 6.45) is 0.868. The van der Waals surface area contributed by atoms with Crippen molar-refractivity contribution in [3.63, 3.8) is 0 Å². The van der Waals surface area contributed by atoms with Crippen molar-refractivity contribution in [3.05, 3.63) is 59.7 Å². The summed E-state index contributed by atoms with van der Waals surface area (Å²) in [5.41, 5.74) is 2.35. The van der Waals surface area contributed by atoms with Gasteiger partial charge < -0.3 is 21.3 Å². The van der Waals surface area contributed by atoms with E-state index in [2.05, 4.69) is 21.3 Å². The Balaban J connectivity index is 1.87. The van der Waals surface area contributed by atoms with Crippen molar-refractivity contribution < 1.29 is 14.4 Å². The summed E-state index contributed by atoms with van der Waals surface area (Å²) in [6.45, 7) is 6.42. The normalized spacial score (nSPS) is 11.3. The zero-order valence-electron chi connectivity index (χ0n) is 17.0. The van der Waals surface area contributed by atoms with Gasteiger partial charge in [0.1, 0.15) is 0 Å². The molecular formula is C22H28N4O3. The molecule has 29 heavy (non-hydrogen) atoms. The Hall–Kier alpha value is -3.35. The second kappa shape index (κ2) is 10.8. The third-order valence-corrected chi connectivity index (χ3v) is 4.34. The minimum Gasteiger partial charge on any atom is -0.376 e. The van der Waals surface area contributed by atoms with Crippen molar-refractivity contribution in [3.8, 4) is 0 Å². The first-order chi connectivity index (χ1) is 13.9. The van der Waals surface area contributed by atoms with Crippen molar-refractivity contribution in [2.45, 2.75) is 33.2 Å². The van der Waals surface area contributed by atoms with Gasteiger partial charge in [0.25, 0.3) is 11.8 Å². The molecule has 0 radical (unpaired) electrons. The summed E-state index contributed by atoms with van der Waals surface area (Å²) in [4.78, 5) is 36.2. The zero-order valence-corrected chi connectivity index (χ0v) is 17.0. The van der Waals surface area contributed by atoms with Gasteiger partial charge in [0.2, 0.25) is 5.91 Å². The second-order valence-electron chi connectivity index (χ2n) is 6.70. The number of carbonyl (C=O) groups excluding carboxylic acids is 3. The Kier molecular flexibility index (Phi) is 8.21. The Morgan fingerprint density at radius 3 is 2.28 bits per heavy atom. The Bertz CT molecular complexity index is 849. The molecule has 2 aromatic rings. The molecule has 4 N–H and O–H groups in total. The fraction of sp³-hybridized carbons (Fsp3) is 0.318. The third-order valence-electron chi connectivity index (χ3n) is 4.34. The van der Waals surface area contributed by atoms with E-state index in [1.54, 1.807) is 48.5 Å². The number of rotatable bonds is 9. The molecule has 0 saturated carbocycles. The van der Waals surface area contributed by atoms with E-state index in [1.807, 2.05) is 20.8 Å². The van der Waals surface area contributed by atoms with Crippen LogP contribution in [0.4, 0.5) is 11.4 Å². The standard InChI is InChI=1S/C22H28N4O3/c1-4-15(3)25-22(29)16-9-11-18(12-10-16)24-14-20(27)26-19-8-6-7-17(13-19)21(28)23-5-2/h6-13,15,24H,4-5,14H2,1-3H3,(H,23,28)(H,25,29)(H,26,27). The highest BCUT2D eigenvalue weighted by atomic mass is 16.2. The fourth-order valence-electron chi connectivity index (χ4n) is 2.54. The fourth-order valence-corrected chi connectivity index (χ4v) is 2.54. The molecule has 2 rings (SSSR count). The Labute approximate surface area is 171 Å². The number of hydrogen-bond acceptors (Lipinski definition) is 4. The van der Waals surface area contributed by atoms with Crippen LogP contribution in [0.15, 0.2) is 48.5 Å². The van der Waals surface area contributed by atoms with Crippen molar-refractivity contribution in [2.75, 3.05) is 23.7 Å². The highest BCUT2D eigenvalue weighted by molar-refractivity contribution is 5.98. The van der Waals surface area contributed by atoms with Crippen LogP contribution < -0.4 is 21.3 Å². The highest BCUT2D eigenvalue weighted by Gasteiger charge is 2.09. The molecule has 154 valence electrons. The maximum absolute atomic E-state index is 12.2. The summed E-state index contributed by atoms with van der Waals surface area (Å²) in [6, 6.07) is 13.8. The summed E-state index contributed by atoms with van der Waals surface area (Å²) >= 11 is 0. The average molecular weight is 396 g/mol. The van der Waals surface area contributed by atoms with E-state index in [4.69, 9.17) is 0 Å². The summed E-state index contributed by atoms with van der Waals surface area (Å²) in [5, 5.41) is 11.4. The Morgan fingerprint density at radius 1 is 0.897 bits per heavy atom. The van der Waals surface area contributed by atoms with Gasteiger partial charge in [0, 0.05) is 35.1 Å². The van der Waals surface area contributed by atoms with Crippen LogP contribution in [0.25, 0.3) is 0 Å². The molecule has 0 spiro atoms. The highest BCUT2D eigenvalue weighted by Crippen LogP contribution is 2.12. The molecule has 0 heterocycles. The minimum absolute atomic E-state index is 0.0593. The first-order valence-corrected chi connectivity index (χ1v) is 9.75. The van der Waals surface area contributed by atoms with Gasteiger partial charge in [-0.15, -0.1) is 0 Å². The van der Waals surface area contributed by atoms with E-state index in [0.717, 1.165) is 12.1 Å². The molecule has 2 aromatic carbocycles. The van der Waals surface area contributed by atoms with Gasteiger partial charge >= 0.3 is 0 Å². The van der Waals surface area contributed by atoms with Gasteiger partial charge in [0.15, 0.2) is 0 Å². The van der Waals surface area contributed by atoms with Crippen molar-refractivity contribution >= 4 is 29.1 Å². The average Bonchev–Trinajstić information content (AvgIpc) is 2.72. The first-order valence-electron chi connectivity index (χ1n) is 9.75. The number of nitrogens with one attached hydrogen (secondary N) is 4. The summed E-state index contributed by atoms with van der Waals surface area (Å²) < 4.78 is 0. The molecule has 0 aliphatic carbocycles. The van der Waals surface area contributed by atoms with Gasteiger partial charge in [-0.3, -0.25) is 14.4 Å². The smallest absolute Gasteiger partial charge is 0.251 e. The molecule has 0 fully saturated rings. The van der Waals surface area contributed by atoms with Crippen LogP contribution in [0.2, 0.25) is 0 Å². The van der Waals surface area contributed by atoms with E-state index in [-0.39, 0.29) is 30.3 Å². The number of hydrogen-bond donors (Lipinski definition) is 4. The minimum atomic E-state index is -0.239. The van der Waals surface area contributed by atoms with Crippen molar-refractivity contribution in [1.82, 2.24) is 10.6 Å². The van der Waals surface area contributed by atoms with Crippen LogP contribution in [0.1, 0.15) is 47.9 Å². The topological polar surface area (TPSA) is 99.3 Å². The van der Waals surface area contributed by atoms with Crippen LogP contribution >= 0.6 is 0 Å². The first kappa shape index (κ1) is 21.9. The van der Waals surface area contributed by atoms with Crippen molar-refractivity contribution in [2.24, 2.45) is 0 Å².